The average molecular weight is 242 g/mol. The summed E-state index contributed by atoms with van der Waals surface area (Å²) in [6, 6.07) is 6.72. The normalized spacial score (nSPS) is 11.5. The maximum atomic E-state index is 12.4. The minimum atomic E-state index is -4.39. The highest BCUT2D eigenvalue weighted by atomic mass is 19.4. The van der Waals surface area contributed by atoms with Crippen LogP contribution in [0.5, 0.6) is 5.75 Å². The van der Waals surface area contributed by atoms with Gasteiger partial charge < -0.3 is 4.74 Å². The van der Waals surface area contributed by atoms with Crippen molar-refractivity contribution in [1.82, 2.24) is 9.78 Å². The van der Waals surface area contributed by atoms with E-state index >= 15 is 0 Å². The van der Waals surface area contributed by atoms with Crippen molar-refractivity contribution in [2.45, 2.75) is 6.18 Å². The van der Waals surface area contributed by atoms with Gasteiger partial charge in [-0.2, -0.15) is 18.3 Å². The number of methoxy groups -OCH3 is 1. The second kappa shape index (κ2) is 4.12. The molecule has 90 valence electrons. The van der Waals surface area contributed by atoms with Gasteiger partial charge in [-0.15, -0.1) is 0 Å². The summed E-state index contributed by atoms with van der Waals surface area (Å²) in [6.45, 7) is 0. The zero-order valence-corrected chi connectivity index (χ0v) is 8.90. The molecule has 0 aliphatic heterocycles. The number of halogens is 3. The van der Waals surface area contributed by atoms with Crippen LogP contribution in [-0.4, -0.2) is 16.9 Å². The van der Waals surface area contributed by atoms with Crippen LogP contribution in [0.2, 0.25) is 0 Å². The van der Waals surface area contributed by atoms with Crippen molar-refractivity contribution < 1.29 is 17.9 Å². The van der Waals surface area contributed by atoms with Gasteiger partial charge in [-0.25, -0.2) is 4.68 Å². The molecular formula is C11H9F3N2O. The summed E-state index contributed by atoms with van der Waals surface area (Å²) < 4.78 is 43.4. The lowest BCUT2D eigenvalue weighted by atomic mass is 10.3. The van der Waals surface area contributed by atoms with E-state index in [2.05, 4.69) is 5.10 Å². The molecule has 2 aromatic rings. The number of aromatic nitrogens is 2. The van der Waals surface area contributed by atoms with Crippen LogP contribution in [0.3, 0.4) is 0 Å². The third-order valence-electron chi connectivity index (χ3n) is 2.24. The number of ether oxygens (including phenoxy) is 1. The molecule has 0 amide bonds. The lowest BCUT2D eigenvalue weighted by Gasteiger charge is -2.07. The molecule has 0 aliphatic rings. The van der Waals surface area contributed by atoms with Crippen LogP contribution in [0.1, 0.15) is 5.56 Å². The summed E-state index contributed by atoms with van der Waals surface area (Å²) in [5.74, 6) is 0.462. The van der Waals surface area contributed by atoms with Gasteiger partial charge in [-0.3, -0.25) is 0 Å². The Morgan fingerprint density at radius 2 is 1.94 bits per heavy atom. The first-order chi connectivity index (χ1) is 8.02. The Hall–Kier alpha value is -1.98. The average Bonchev–Trinajstić information content (AvgIpc) is 2.77. The maximum absolute atomic E-state index is 12.4. The van der Waals surface area contributed by atoms with Crippen molar-refractivity contribution in [1.29, 1.82) is 0 Å². The van der Waals surface area contributed by atoms with Gasteiger partial charge in [0, 0.05) is 6.20 Å². The number of rotatable bonds is 2. The van der Waals surface area contributed by atoms with E-state index in [-0.39, 0.29) is 0 Å². The zero-order chi connectivity index (χ0) is 12.5. The van der Waals surface area contributed by atoms with Crippen molar-refractivity contribution >= 4 is 0 Å². The van der Waals surface area contributed by atoms with Crippen LogP contribution in [0.4, 0.5) is 13.2 Å². The van der Waals surface area contributed by atoms with Gasteiger partial charge in [0.15, 0.2) is 0 Å². The molecule has 17 heavy (non-hydrogen) atoms. The molecule has 0 unspecified atom stereocenters. The molecule has 0 spiro atoms. The molecule has 0 saturated heterocycles. The van der Waals surface area contributed by atoms with E-state index in [0.717, 1.165) is 17.1 Å². The molecule has 0 radical (unpaired) electrons. The van der Waals surface area contributed by atoms with Crippen molar-refractivity contribution in [3.63, 3.8) is 0 Å². The summed E-state index contributed by atoms with van der Waals surface area (Å²) in [5.41, 5.74) is -0.325. The number of hydrogen-bond acceptors (Lipinski definition) is 2. The Morgan fingerprint density at radius 3 is 2.53 bits per heavy atom. The summed E-state index contributed by atoms with van der Waals surface area (Å²) in [6.07, 6.45) is -2.68. The summed E-state index contributed by atoms with van der Waals surface area (Å²) >= 11 is 0. The standard InChI is InChI=1S/C11H9F3N2O/c1-17-10-5-3-2-4-9(10)16-7-8(6-15-16)11(12,13)14/h2-7H,1H3. The first-order valence-corrected chi connectivity index (χ1v) is 4.77. The second-order valence-corrected chi connectivity index (χ2v) is 3.34. The van der Waals surface area contributed by atoms with Crippen molar-refractivity contribution in [2.75, 3.05) is 7.11 Å². The molecule has 3 nitrogen and oxygen atoms in total. The minimum Gasteiger partial charge on any atom is -0.494 e. The van der Waals surface area contributed by atoms with Crippen molar-refractivity contribution in [3.05, 3.63) is 42.2 Å². The third kappa shape index (κ3) is 2.25. The van der Waals surface area contributed by atoms with E-state index < -0.39 is 11.7 Å². The minimum absolute atomic E-state index is 0.462. The second-order valence-electron chi connectivity index (χ2n) is 3.34. The molecule has 0 saturated carbocycles. The molecule has 0 aliphatic carbocycles. The van der Waals surface area contributed by atoms with E-state index in [1.807, 2.05) is 0 Å². The third-order valence-corrected chi connectivity index (χ3v) is 2.24. The largest absolute Gasteiger partial charge is 0.494 e. The number of nitrogens with zero attached hydrogens (tertiary/aromatic N) is 2. The molecule has 0 fully saturated rings. The van der Waals surface area contributed by atoms with Gasteiger partial charge in [0.05, 0.1) is 18.9 Å². The van der Waals surface area contributed by atoms with E-state index in [4.69, 9.17) is 4.74 Å². The molecule has 1 heterocycles. The summed E-state index contributed by atoms with van der Waals surface area (Å²) in [5, 5.41) is 3.68. The van der Waals surface area contributed by atoms with Crippen LogP contribution < -0.4 is 4.74 Å². The van der Waals surface area contributed by atoms with Gasteiger partial charge >= 0.3 is 6.18 Å². The lowest BCUT2D eigenvalue weighted by Crippen LogP contribution is -2.03. The highest BCUT2D eigenvalue weighted by Crippen LogP contribution is 2.30. The molecule has 2 rings (SSSR count). The Balaban J connectivity index is 2.44. The molecule has 1 aromatic heterocycles. The van der Waals surface area contributed by atoms with E-state index in [1.54, 1.807) is 24.3 Å². The Bertz CT molecular complexity index is 519. The zero-order valence-electron chi connectivity index (χ0n) is 8.90. The number of para-hydroxylation sites is 2. The fourth-order valence-corrected chi connectivity index (χ4v) is 1.42. The van der Waals surface area contributed by atoms with Gasteiger partial charge in [-0.1, -0.05) is 12.1 Å². The van der Waals surface area contributed by atoms with E-state index in [0.29, 0.717) is 11.4 Å². The van der Waals surface area contributed by atoms with Crippen molar-refractivity contribution in [3.8, 4) is 11.4 Å². The van der Waals surface area contributed by atoms with Crippen LogP contribution in [0.25, 0.3) is 5.69 Å². The predicted molar refractivity (Wildman–Crippen MR) is 55.1 cm³/mol. The van der Waals surface area contributed by atoms with Crippen LogP contribution >= 0.6 is 0 Å². The molecule has 0 atom stereocenters. The summed E-state index contributed by atoms with van der Waals surface area (Å²) in [7, 11) is 1.45. The lowest BCUT2D eigenvalue weighted by molar-refractivity contribution is -0.137. The van der Waals surface area contributed by atoms with Crippen LogP contribution in [0.15, 0.2) is 36.7 Å². The Kier molecular flexibility index (Phi) is 2.79. The van der Waals surface area contributed by atoms with E-state index in [9.17, 15) is 13.2 Å². The van der Waals surface area contributed by atoms with Crippen LogP contribution in [0, 0.1) is 0 Å². The smallest absolute Gasteiger partial charge is 0.419 e. The van der Waals surface area contributed by atoms with Gasteiger partial charge in [0.1, 0.15) is 11.4 Å². The monoisotopic (exact) mass is 242 g/mol. The number of benzene rings is 1. The number of alkyl halides is 3. The number of hydrogen-bond donors (Lipinski definition) is 0. The fraction of sp³-hybridized carbons (Fsp3) is 0.182. The first kappa shape index (κ1) is 11.5. The Labute approximate surface area is 95.4 Å². The van der Waals surface area contributed by atoms with Gasteiger partial charge in [-0.05, 0) is 12.1 Å². The molecule has 1 aromatic carbocycles. The molecule has 6 heteroatoms. The predicted octanol–water partition coefficient (Wildman–Crippen LogP) is 2.90. The van der Waals surface area contributed by atoms with Gasteiger partial charge in [0.2, 0.25) is 0 Å². The summed E-state index contributed by atoms with van der Waals surface area (Å²) in [4.78, 5) is 0. The SMILES string of the molecule is COc1ccccc1-n1cc(C(F)(F)F)cn1. The first-order valence-electron chi connectivity index (χ1n) is 4.77. The van der Waals surface area contributed by atoms with Gasteiger partial charge in [0.25, 0.3) is 0 Å². The molecule has 0 bridgehead atoms. The highest BCUT2D eigenvalue weighted by molar-refractivity contribution is 5.46. The quantitative estimate of drug-likeness (QED) is 0.809. The van der Waals surface area contributed by atoms with E-state index in [1.165, 1.54) is 7.11 Å². The highest BCUT2D eigenvalue weighted by Gasteiger charge is 2.32. The Morgan fingerprint density at radius 1 is 1.24 bits per heavy atom. The topological polar surface area (TPSA) is 27.1 Å². The maximum Gasteiger partial charge on any atom is 0.419 e. The van der Waals surface area contributed by atoms with Crippen LogP contribution in [-0.2, 0) is 6.18 Å². The molecule has 0 N–H and O–H groups in total. The fourth-order valence-electron chi connectivity index (χ4n) is 1.42. The molecular weight excluding hydrogens is 233 g/mol. The van der Waals surface area contributed by atoms with Crippen molar-refractivity contribution in [2.24, 2.45) is 0 Å².